The molecular weight excluding hydrogens is 377 g/mol. The van der Waals surface area contributed by atoms with E-state index >= 15 is 0 Å². The number of halogens is 2. The van der Waals surface area contributed by atoms with Gasteiger partial charge in [-0.2, -0.15) is 0 Å². The molecule has 1 aromatic heterocycles. The van der Waals surface area contributed by atoms with Crippen LogP contribution in [0.15, 0.2) is 53.3 Å². The second-order valence-electron chi connectivity index (χ2n) is 7.04. The van der Waals surface area contributed by atoms with E-state index in [0.29, 0.717) is 28.2 Å². The molecule has 0 aliphatic carbocycles. The first-order chi connectivity index (χ1) is 13.6. The van der Waals surface area contributed by atoms with Gasteiger partial charge in [0.15, 0.2) is 0 Å². The molecule has 1 N–H and O–H groups in total. The van der Waals surface area contributed by atoms with E-state index in [4.69, 9.17) is 11.6 Å². The van der Waals surface area contributed by atoms with Crippen LogP contribution in [0.2, 0.25) is 5.02 Å². The average Bonchev–Trinajstić information content (AvgIpc) is 2.70. The maximum atomic E-state index is 13.1. The molecule has 4 nitrogen and oxygen atoms in total. The van der Waals surface area contributed by atoms with E-state index in [1.165, 1.54) is 17.7 Å². The summed E-state index contributed by atoms with van der Waals surface area (Å²) in [5, 5.41) is 1.02. The Labute approximate surface area is 167 Å². The Kier molecular flexibility index (Phi) is 5.55. The van der Waals surface area contributed by atoms with E-state index in [2.05, 4.69) is 20.9 Å². The summed E-state index contributed by atoms with van der Waals surface area (Å²) in [6.45, 7) is 2.77. The van der Waals surface area contributed by atoms with Gasteiger partial charge in [-0.3, -0.25) is 9.69 Å². The highest BCUT2D eigenvalue weighted by atomic mass is 35.5. The SMILES string of the molecule is O=c1[nH]c(CCCN2CC=C(c3ccc(F)cc3)CC2)nc2c(Cl)cccc12. The Morgan fingerprint density at radius 2 is 2.00 bits per heavy atom. The zero-order chi connectivity index (χ0) is 19.5. The highest BCUT2D eigenvalue weighted by molar-refractivity contribution is 6.34. The predicted octanol–water partition coefficient (Wildman–Crippen LogP) is 4.44. The number of H-pyrrole nitrogens is 1. The third kappa shape index (κ3) is 4.16. The van der Waals surface area contributed by atoms with Gasteiger partial charge >= 0.3 is 0 Å². The number of para-hydroxylation sites is 1. The van der Waals surface area contributed by atoms with Crippen molar-refractivity contribution in [3.05, 3.63) is 81.1 Å². The lowest BCUT2D eigenvalue weighted by Crippen LogP contribution is -2.30. The van der Waals surface area contributed by atoms with Gasteiger partial charge in [0.05, 0.1) is 15.9 Å². The quantitative estimate of drug-likeness (QED) is 0.692. The van der Waals surface area contributed by atoms with Crippen molar-refractivity contribution in [3.63, 3.8) is 0 Å². The van der Waals surface area contributed by atoms with E-state index < -0.39 is 0 Å². The predicted molar refractivity (Wildman–Crippen MR) is 111 cm³/mol. The van der Waals surface area contributed by atoms with Crippen LogP contribution < -0.4 is 5.56 Å². The molecule has 28 heavy (non-hydrogen) atoms. The first-order valence-corrected chi connectivity index (χ1v) is 9.83. The van der Waals surface area contributed by atoms with Crippen molar-refractivity contribution < 1.29 is 4.39 Å². The number of aromatic nitrogens is 2. The molecule has 1 aliphatic rings. The highest BCUT2D eigenvalue weighted by Crippen LogP contribution is 2.23. The van der Waals surface area contributed by atoms with Crippen molar-refractivity contribution in [2.45, 2.75) is 19.3 Å². The van der Waals surface area contributed by atoms with Crippen molar-refractivity contribution in [1.29, 1.82) is 0 Å². The van der Waals surface area contributed by atoms with Crippen molar-refractivity contribution in [2.75, 3.05) is 19.6 Å². The largest absolute Gasteiger partial charge is 0.310 e. The Hall–Kier alpha value is -2.50. The third-order valence-corrected chi connectivity index (χ3v) is 5.44. The van der Waals surface area contributed by atoms with Crippen molar-refractivity contribution in [3.8, 4) is 0 Å². The molecule has 0 saturated carbocycles. The normalized spacial score (nSPS) is 15.0. The van der Waals surface area contributed by atoms with Crippen LogP contribution in [0.4, 0.5) is 4.39 Å². The fourth-order valence-corrected chi connectivity index (χ4v) is 3.82. The van der Waals surface area contributed by atoms with Crippen LogP contribution in [0.3, 0.4) is 0 Å². The monoisotopic (exact) mass is 397 g/mol. The molecule has 0 spiro atoms. The number of hydrogen-bond acceptors (Lipinski definition) is 3. The minimum atomic E-state index is -0.205. The summed E-state index contributed by atoms with van der Waals surface area (Å²) < 4.78 is 13.1. The number of benzene rings is 2. The van der Waals surface area contributed by atoms with Gasteiger partial charge in [0.25, 0.3) is 5.56 Å². The second-order valence-corrected chi connectivity index (χ2v) is 7.45. The van der Waals surface area contributed by atoms with Gasteiger partial charge in [-0.05, 0) is 54.8 Å². The fraction of sp³-hybridized carbons (Fsp3) is 0.273. The van der Waals surface area contributed by atoms with Crippen molar-refractivity contribution in [2.24, 2.45) is 0 Å². The smallest absolute Gasteiger partial charge is 0.258 e. The average molecular weight is 398 g/mol. The molecule has 2 heterocycles. The molecule has 0 amide bonds. The zero-order valence-corrected chi connectivity index (χ0v) is 16.2. The summed E-state index contributed by atoms with van der Waals surface area (Å²) in [6.07, 6.45) is 4.76. The number of nitrogens with zero attached hydrogens (tertiary/aromatic N) is 2. The molecule has 2 aromatic carbocycles. The molecule has 0 radical (unpaired) electrons. The Balaban J connectivity index is 1.35. The minimum absolute atomic E-state index is 0.146. The molecule has 144 valence electrons. The van der Waals surface area contributed by atoms with Gasteiger partial charge in [0.2, 0.25) is 0 Å². The fourth-order valence-electron chi connectivity index (χ4n) is 3.60. The lowest BCUT2D eigenvalue weighted by molar-refractivity contribution is 0.297. The van der Waals surface area contributed by atoms with E-state index in [1.807, 2.05) is 12.1 Å². The number of aromatic amines is 1. The standard InChI is InChI=1S/C22H21ClFN3O/c23-19-4-1-3-18-21(19)25-20(26-22(18)28)5-2-12-27-13-10-16(11-14-27)15-6-8-17(24)9-7-15/h1,3-4,6-10H,2,5,11-14H2,(H,25,26,28). The first kappa shape index (κ1) is 18.8. The molecule has 3 aromatic rings. The van der Waals surface area contributed by atoms with Gasteiger partial charge in [-0.25, -0.2) is 9.37 Å². The molecule has 1 aliphatic heterocycles. The third-order valence-electron chi connectivity index (χ3n) is 5.13. The van der Waals surface area contributed by atoms with E-state index in [1.54, 1.807) is 18.2 Å². The van der Waals surface area contributed by atoms with Crippen LogP contribution in [-0.2, 0) is 6.42 Å². The van der Waals surface area contributed by atoms with Gasteiger partial charge in [-0.1, -0.05) is 35.9 Å². The molecule has 4 rings (SSSR count). The molecule has 0 unspecified atom stereocenters. The van der Waals surface area contributed by atoms with Gasteiger partial charge in [0, 0.05) is 19.5 Å². The van der Waals surface area contributed by atoms with Crippen LogP contribution in [-0.4, -0.2) is 34.5 Å². The van der Waals surface area contributed by atoms with Gasteiger partial charge in [-0.15, -0.1) is 0 Å². The van der Waals surface area contributed by atoms with Crippen LogP contribution >= 0.6 is 11.6 Å². The van der Waals surface area contributed by atoms with Crippen LogP contribution in [0.1, 0.15) is 24.2 Å². The zero-order valence-electron chi connectivity index (χ0n) is 15.4. The topological polar surface area (TPSA) is 49.0 Å². The van der Waals surface area contributed by atoms with Crippen LogP contribution in [0.25, 0.3) is 16.5 Å². The summed E-state index contributed by atoms with van der Waals surface area (Å²) in [5.41, 5.74) is 2.78. The molecule has 0 saturated heterocycles. The Morgan fingerprint density at radius 1 is 1.18 bits per heavy atom. The summed E-state index contributed by atoms with van der Waals surface area (Å²) in [4.78, 5) is 22.0. The maximum Gasteiger partial charge on any atom is 0.258 e. The summed E-state index contributed by atoms with van der Waals surface area (Å²) in [6, 6.07) is 11.9. The van der Waals surface area contributed by atoms with Gasteiger partial charge < -0.3 is 4.98 Å². The molecule has 6 heteroatoms. The van der Waals surface area contributed by atoms with E-state index in [9.17, 15) is 9.18 Å². The van der Waals surface area contributed by atoms with E-state index in [0.717, 1.165) is 38.0 Å². The van der Waals surface area contributed by atoms with E-state index in [-0.39, 0.29) is 11.4 Å². The number of nitrogens with one attached hydrogen (secondary N) is 1. The molecule has 0 fully saturated rings. The van der Waals surface area contributed by atoms with Crippen molar-refractivity contribution in [1.82, 2.24) is 14.9 Å². The lowest BCUT2D eigenvalue weighted by atomic mass is 9.99. The maximum absolute atomic E-state index is 13.1. The Morgan fingerprint density at radius 3 is 2.75 bits per heavy atom. The lowest BCUT2D eigenvalue weighted by Gasteiger charge is -2.26. The number of hydrogen-bond donors (Lipinski definition) is 1. The Bertz CT molecular complexity index is 1080. The summed E-state index contributed by atoms with van der Waals surface area (Å²) in [5.74, 6) is 0.466. The number of rotatable bonds is 5. The first-order valence-electron chi connectivity index (χ1n) is 9.45. The van der Waals surface area contributed by atoms with Crippen molar-refractivity contribution >= 4 is 28.1 Å². The molecule has 0 atom stereocenters. The summed E-state index contributed by atoms with van der Waals surface area (Å²) in [7, 11) is 0. The minimum Gasteiger partial charge on any atom is -0.310 e. The second kappa shape index (κ2) is 8.25. The summed E-state index contributed by atoms with van der Waals surface area (Å²) >= 11 is 6.18. The number of fused-ring (bicyclic) bond motifs is 1. The number of aryl methyl sites for hydroxylation is 1. The highest BCUT2D eigenvalue weighted by Gasteiger charge is 2.13. The molecular formula is C22H21ClFN3O. The van der Waals surface area contributed by atoms with Crippen LogP contribution in [0.5, 0.6) is 0 Å². The van der Waals surface area contributed by atoms with Gasteiger partial charge in [0.1, 0.15) is 11.6 Å². The molecule has 0 bridgehead atoms. The van der Waals surface area contributed by atoms with Crippen LogP contribution in [0, 0.1) is 5.82 Å².